The van der Waals surface area contributed by atoms with Crippen molar-refractivity contribution in [1.82, 2.24) is 4.90 Å². The van der Waals surface area contributed by atoms with E-state index in [1.54, 1.807) is 19.2 Å². The highest BCUT2D eigenvalue weighted by atomic mass is 127. The summed E-state index contributed by atoms with van der Waals surface area (Å²) in [7, 11) is 1.63. The molecule has 0 heterocycles. The zero-order valence-corrected chi connectivity index (χ0v) is 15.5. The summed E-state index contributed by atoms with van der Waals surface area (Å²) >= 11 is 2.19. The fraction of sp³-hybridized carbons (Fsp3) is 0.222. The molecular formula is C18H19IN2O2. The zero-order chi connectivity index (χ0) is 17.0. The largest absolute Gasteiger partial charge is 0.332 e. The van der Waals surface area contributed by atoms with Crippen molar-refractivity contribution in [1.29, 1.82) is 0 Å². The van der Waals surface area contributed by atoms with E-state index in [1.165, 1.54) is 4.90 Å². The van der Waals surface area contributed by atoms with E-state index in [0.29, 0.717) is 5.56 Å². The number of carbonyl (C=O) groups excluding carboxylic acids is 2. The summed E-state index contributed by atoms with van der Waals surface area (Å²) in [4.78, 5) is 26.0. The molecule has 2 aromatic carbocycles. The van der Waals surface area contributed by atoms with Crippen molar-refractivity contribution in [2.75, 3.05) is 18.9 Å². The number of carbonyl (C=O) groups is 2. The Kier molecular flexibility index (Phi) is 5.76. The lowest BCUT2D eigenvalue weighted by atomic mass is 10.1. The van der Waals surface area contributed by atoms with E-state index >= 15 is 0 Å². The van der Waals surface area contributed by atoms with Crippen LogP contribution in [0.2, 0.25) is 0 Å². The average Bonchev–Trinajstić information content (AvgIpc) is 2.51. The van der Waals surface area contributed by atoms with Gasteiger partial charge in [-0.25, -0.2) is 0 Å². The number of hydrogen-bond acceptors (Lipinski definition) is 2. The van der Waals surface area contributed by atoms with Gasteiger partial charge in [-0.15, -0.1) is 0 Å². The highest BCUT2D eigenvalue weighted by molar-refractivity contribution is 14.1. The molecule has 4 nitrogen and oxygen atoms in total. The number of hydrogen-bond donors (Lipinski definition) is 1. The van der Waals surface area contributed by atoms with Crippen molar-refractivity contribution in [3.05, 3.63) is 62.7 Å². The molecule has 120 valence electrons. The number of anilines is 1. The number of amides is 2. The van der Waals surface area contributed by atoms with Crippen molar-refractivity contribution < 1.29 is 9.59 Å². The Morgan fingerprint density at radius 1 is 1.04 bits per heavy atom. The number of benzene rings is 2. The van der Waals surface area contributed by atoms with Gasteiger partial charge in [0.15, 0.2) is 0 Å². The molecule has 0 atom stereocenters. The van der Waals surface area contributed by atoms with Gasteiger partial charge in [0.1, 0.15) is 0 Å². The molecule has 0 fully saturated rings. The minimum absolute atomic E-state index is 0.0125. The Bertz CT molecular complexity index is 706. The average molecular weight is 422 g/mol. The maximum absolute atomic E-state index is 12.3. The summed E-state index contributed by atoms with van der Waals surface area (Å²) in [5.41, 5.74) is 3.40. The third kappa shape index (κ3) is 4.54. The Balaban J connectivity index is 2.02. The number of aryl methyl sites for hydroxylation is 2. The molecule has 0 saturated carbocycles. The van der Waals surface area contributed by atoms with Gasteiger partial charge in [-0.1, -0.05) is 18.2 Å². The summed E-state index contributed by atoms with van der Waals surface area (Å²) in [5, 5.41) is 2.89. The number of para-hydroxylation sites is 1. The van der Waals surface area contributed by atoms with Gasteiger partial charge in [-0.05, 0) is 71.8 Å². The SMILES string of the molecule is Cc1cccc(C)c1NC(=O)CN(C)C(=O)c1ccc(I)cc1. The molecule has 0 aromatic heterocycles. The van der Waals surface area contributed by atoms with E-state index < -0.39 is 0 Å². The number of halogens is 1. The van der Waals surface area contributed by atoms with Gasteiger partial charge in [0.2, 0.25) is 5.91 Å². The minimum Gasteiger partial charge on any atom is -0.332 e. The molecule has 2 aromatic rings. The lowest BCUT2D eigenvalue weighted by molar-refractivity contribution is -0.116. The van der Waals surface area contributed by atoms with Crippen LogP contribution in [0.1, 0.15) is 21.5 Å². The molecular weight excluding hydrogens is 403 g/mol. The summed E-state index contributed by atoms with van der Waals surface area (Å²) in [6.45, 7) is 3.91. The number of likely N-dealkylation sites (N-methyl/N-ethyl adjacent to an activating group) is 1. The number of rotatable bonds is 4. The van der Waals surface area contributed by atoms with E-state index in [2.05, 4.69) is 27.9 Å². The first kappa shape index (κ1) is 17.5. The molecule has 0 saturated heterocycles. The second-order valence-corrected chi connectivity index (χ2v) is 6.73. The Labute approximate surface area is 150 Å². The van der Waals surface area contributed by atoms with Gasteiger partial charge >= 0.3 is 0 Å². The Morgan fingerprint density at radius 3 is 2.17 bits per heavy atom. The monoisotopic (exact) mass is 422 g/mol. The van der Waals surface area contributed by atoms with Crippen molar-refractivity contribution in [2.45, 2.75) is 13.8 Å². The van der Waals surface area contributed by atoms with Gasteiger partial charge in [0.25, 0.3) is 5.91 Å². The van der Waals surface area contributed by atoms with Crippen LogP contribution < -0.4 is 5.32 Å². The Morgan fingerprint density at radius 2 is 1.61 bits per heavy atom. The summed E-state index contributed by atoms with van der Waals surface area (Å²) in [6.07, 6.45) is 0. The molecule has 2 amide bonds. The second kappa shape index (κ2) is 7.59. The number of nitrogens with zero attached hydrogens (tertiary/aromatic N) is 1. The van der Waals surface area contributed by atoms with Gasteiger partial charge < -0.3 is 10.2 Å². The van der Waals surface area contributed by atoms with Crippen LogP contribution in [0.5, 0.6) is 0 Å². The zero-order valence-electron chi connectivity index (χ0n) is 13.4. The molecule has 23 heavy (non-hydrogen) atoms. The van der Waals surface area contributed by atoms with Crippen molar-refractivity contribution >= 4 is 40.1 Å². The standard InChI is InChI=1S/C18H19IN2O2/c1-12-5-4-6-13(2)17(12)20-16(22)11-21(3)18(23)14-7-9-15(19)10-8-14/h4-10H,11H2,1-3H3,(H,20,22). The van der Waals surface area contributed by atoms with E-state index in [1.807, 2.05) is 44.2 Å². The van der Waals surface area contributed by atoms with Gasteiger partial charge in [-0.3, -0.25) is 9.59 Å². The van der Waals surface area contributed by atoms with Crippen LogP contribution in [0, 0.1) is 17.4 Å². The minimum atomic E-state index is -0.205. The predicted molar refractivity (Wildman–Crippen MR) is 101 cm³/mol. The van der Waals surface area contributed by atoms with Crippen LogP contribution in [0.25, 0.3) is 0 Å². The molecule has 0 aliphatic carbocycles. The first-order valence-electron chi connectivity index (χ1n) is 7.25. The molecule has 0 bridgehead atoms. The highest BCUT2D eigenvalue weighted by Gasteiger charge is 2.16. The summed E-state index contributed by atoms with van der Waals surface area (Å²) in [6, 6.07) is 13.1. The van der Waals surface area contributed by atoms with Gasteiger partial charge in [0.05, 0.1) is 6.54 Å². The van der Waals surface area contributed by atoms with Crippen LogP contribution in [0.4, 0.5) is 5.69 Å². The predicted octanol–water partition coefficient (Wildman–Crippen LogP) is 3.62. The first-order chi connectivity index (χ1) is 10.9. The van der Waals surface area contributed by atoms with E-state index in [4.69, 9.17) is 0 Å². The third-order valence-electron chi connectivity index (χ3n) is 3.56. The van der Waals surface area contributed by atoms with Crippen LogP contribution in [-0.2, 0) is 4.79 Å². The topological polar surface area (TPSA) is 49.4 Å². The smallest absolute Gasteiger partial charge is 0.254 e. The molecule has 1 N–H and O–H groups in total. The summed E-state index contributed by atoms with van der Waals surface area (Å²) in [5.74, 6) is -0.373. The molecule has 5 heteroatoms. The van der Waals surface area contributed by atoms with Crippen molar-refractivity contribution in [3.8, 4) is 0 Å². The van der Waals surface area contributed by atoms with Crippen LogP contribution >= 0.6 is 22.6 Å². The first-order valence-corrected chi connectivity index (χ1v) is 8.33. The maximum atomic E-state index is 12.3. The molecule has 0 aliphatic heterocycles. The second-order valence-electron chi connectivity index (χ2n) is 5.48. The molecule has 0 radical (unpaired) electrons. The van der Waals surface area contributed by atoms with Crippen molar-refractivity contribution in [3.63, 3.8) is 0 Å². The van der Waals surface area contributed by atoms with E-state index in [-0.39, 0.29) is 18.4 Å². The Hall–Kier alpha value is -1.89. The lowest BCUT2D eigenvalue weighted by Gasteiger charge is -2.18. The van der Waals surface area contributed by atoms with Gasteiger partial charge in [0, 0.05) is 21.9 Å². The van der Waals surface area contributed by atoms with Crippen LogP contribution in [0.3, 0.4) is 0 Å². The van der Waals surface area contributed by atoms with E-state index in [0.717, 1.165) is 20.4 Å². The van der Waals surface area contributed by atoms with Crippen molar-refractivity contribution in [2.24, 2.45) is 0 Å². The fourth-order valence-electron chi connectivity index (χ4n) is 2.29. The fourth-order valence-corrected chi connectivity index (χ4v) is 2.65. The van der Waals surface area contributed by atoms with Crippen LogP contribution in [0.15, 0.2) is 42.5 Å². The van der Waals surface area contributed by atoms with Crippen LogP contribution in [-0.4, -0.2) is 30.3 Å². The van der Waals surface area contributed by atoms with E-state index in [9.17, 15) is 9.59 Å². The number of nitrogens with one attached hydrogen (secondary N) is 1. The normalized spacial score (nSPS) is 10.3. The third-order valence-corrected chi connectivity index (χ3v) is 4.28. The van der Waals surface area contributed by atoms with Gasteiger partial charge in [-0.2, -0.15) is 0 Å². The molecule has 2 rings (SSSR count). The molecule has 0 aliphatic rings. The molecule has 0 unspecified atom stereocenters. The summed E-state index contributed by atoms with van der Waals surface area (Å²) < 4.78 is 1.06. The maximum Gasteiger partial charge on any atom is 0.254 e. The lowest BCUT2D eigenvalue weighted by Crippen LogP contribution is -2.35. The molecule has 0 spiro atoms. The quantitative estimate of drug-likeness (QED) is 0.766. The highest BCUT2D eigenvalue weighted by Crippen LogP contribution is 2.19.